The molecular formula is C10H7ClFNO5S. The Labute approximate surface area is 117 Å². The lowest BCUT2D eigenvalue weighted by molar-refractivity contribution is -0.387. The van der Waals surface area contributed by atoms with Crippen molar-refractivity contribution in [1.82, 2.24) is 0 Å². The summed E-state index contributed by atoms with van der Waals surface area (Å²) in [7, 11) is 1.16. The molecule has 0 saturated carbocycles. The van der Waals surface area contributed by atoms with E-state index in [1.165, 1.54) is 0 Å². The Bertz CT molecular complexity index is 551. The molecule has 6 nitrogen and oxygen atoms in total. The minimum Gasteiger partial charge on any atom is -0.471 e. The number of carbonyl (C=O) groups is 1. The van der Waals surface area contributed by atoms with E-state index in [1.54, 1.807) is 0 Å². The van der Waals surface area contributed by atoms with E-state index in [4.69, 9.17) is 28.6 Å². The third-order valence-electron chi connectivity index (χ3n) is 2.00. The van der Waals surface area contributed by atoms with Gasteiger partial charge in [-0.2, -0.15) is 4.39 Å². The minimum atomic E-state index is -1.09. The highest BCUT2D eigenvalue weighted by Gasteiger charge is 2.20. The van der Waals surface area contributed by atoms with Gasteiger partial charge in [-0.3, -0.25) is 10.1 Å². The zero-order chi connectivity index (χ0) is 14.6. The molecule has 0 unspecified atom stereocenters. The second kappa shape index (κ2) is 6.39. The molecule has 9 heteroatoms. The van der Waals surface area contributed by atoms with Crippen molar-refractivity contribution < 1.29 is 23.6 Å². The van der Waals surface area contributed by atoms with Gasteiger partial charge in [-0.05, 0) is 12.2 Å². The lowest BCUT2D eigenvalue weighted by atomic mass is 10.2. The highest BCUT2D eigenvalue weighted by atomic mass is 35.5. The van der Waals surface area contributed by atoms with Gasteiger partial charge in [0, 0.05) is 12.1 Å². The average molecular weight is 308 g/mol. The van der Waals surface area contributed by atoms with Crippen molar-refractivity contribution in [2.75, 3.05) is 13.7 Å². The maximum Gasteiger partial charge on any atom is 0.343 e. The second-order valence-electron chi connectivity index (χ2n) is 3.19. The maximum absolute atomic E-state index is 13.2. The SMILES string of the molecule is COC(=O)COC(=S)c1cc([N+](=O)[O-])c(F)cc1Cl. The molecule has 0 atom stereocenters. The van der Waals surface area contributed by atoms with E-state index < -0.39 is 29.0 Å². The van der Waals surface area contributed by atoms with E-state index in [1.807, 2.05) is 0 Å². The molecule has 0 aliphatic carbocycles. The normalized spacial score (nSPS) is 9.84. The van der Waals surface area contributed by atoms with Crippen molar-refractivity contribution in [3.8, 4) is 0 Å². The van der Waals surface area contributed by atoms with E-state index in [-0.39, 0.29) is 15.6 Å². The predicted octanol–water partition coefficient (Wildman–Crippen LogP) is 2.25. The van der Waals surface area contributed by atoms with Crippen LogP contribution in [0, 0.1) is 15.9 Å². The van der Waals surface area contributed by atoms with Crippen LogP contribution in [0.2, 0.25) is 5.02 Å². The van der Waals surface area contributed by atoms with Crippen LogP contribution in [0.15, 0.2) is 12.1 Å². The molecule has 0 aliphatic rings. The molecule has 0 heterocycles. The molecule has 0 aliphatic heterocycles. The van der Waals surface area contributed by atoms with Crippen molar-refractivity contribution in [2.24, 2.45) is 0 Å². The van der Waals surface area contributed by atoms with Gasteiger partial charge in [0.1, 0.15) is 0 Å². The van der Waals surface area contributed by atoms with Crippen LogP contribution in [-0.2, 0) is 14.3 Å². The minimum absolute atomic E-state index is 0.0475. The summed E-state index contributed by atoms with van der Waals surface area (Å²) in [5.74, 6) is -1.77. The Hall–Kier alpha value is -1.80. The van der Waals surface area contributed by atoms with Gasteiger partial charge in [0.2, 0.25) is 5.82 Å². The molecule has 0 aromatic heterocycles. The first kappa shape index (κ1) is 15.3. The summed E-state index contributed by atoms with van der Waals surface area (Å²) >= 11 is 10.5. The van der Waals surface area contributed by atoms with Crippen LogP contribution >= 0.6 is 23.8 Å². The standard InChI is InChI=1S/C10H7ClFNO5S/c1-17-9(14)4-18-10(19)5-2-8(13(15)16)7(12)3-6(5)11/h2-3H,4H2,1H3. The summed E-state index contributed by atoms with van der Waals surface area (Å²) in [6.45, 7) is -0.475. The number of nitro benzene ring substituents is 1. The highest BCUT2D eigenvalue weighted by Crippen LogP contribution is 2.26. The Balaban J connectivity index is 3.00. The summed E-state index contributed by atoms with van der Waals surface area (Å²) in [6, 6.07) is 1.60. The lowest BCUT2D eigenvalue weighted by Gasteiger charge is -2.08. The number of rotatable bonds is 4. The zero-order valence-electron chi connectivity index (χ0n) is 9.51. The third-order valence-corrected chi connectivity index (χ3v) is 2.65. The van der Waals surface area contributed by atoms with Crippen LogP contribution in [0.5, 0.6) is 0 Å². The molecule has 0 radical (unpaired) electrons. The fourth-order valence-electron chi connectivity index (χ4n) is 1.10. The van der Waals surface area contributed by atoms with Crippen LogP contribution < -0.4 is 0 Å². The molecule has 0 saturated heterocycles. The Morgan fingerprint density at radius 2 is 2.21 bits per heavy atom. The second-order valence-corrected chi connectivity index (χ2v) is 3.97. The van der Waals surface area contributed by atoms with Crippen molar-refractivity contribution in [2.45, 2.75) is 0 Å². The van der Waals surface area contributed by atoms with Crippen molar-refractivity contribution in [3.05, 3.63) is 38.7 Å². The molecule has 102 valence electrons. The molecule has 0 spiro atoms. The number of nitro groups is 1. The van der Waals surface area contributed by atoms with Crippen LogP contribution in [0.4, 0.5) is 10.1 Å². The van der Waals surface area contributed by atoms with Crippen molar-refractivity contribution in [1.29, 1.82) is 0 Å². The third kappa shape index (κ3) is 3.83. The van der Waals surface area contributed by atoms with E-state index in [2.05, 4.69) is 4.74 Å². The Morgan fingerprint density at radius 1 is 1.58 bits per heavy atom. The first-order valence-corrected chi connectivity index (χ1v) is 5.52. The fraction of sp³-hybridized carbons (Fsp3) is 0.200. The Morgan fingerprint density at radius 3 is 2.74 bits per heavy atom. The van der Waals surface area contributed by atoms with E-state index in [9.17, 15) is 19.3 Å². The van der Waals surface area contributed by atoms with E-state index >= 15 is 0 Å². The monoisotopic (exact) mass is 307 g/mol. The fourth-order valence-corrected chi connectivity index (χ4v) is 1.62. The first-order chi connectivity index (χ1) is 8.86. The average Bonchev–Trinajstić information content (AvgIpc) is 2.35. The van der Waals surface area contributed by atoms with Gasteiger partial charge < -0.3 is 9.47 Å². The molecule has 1 rings (SSSR count). The topological polar surface area (TPSA) is 78.7 Å². The summed E-state index contributed by atoms with van der Waals surface area (Å²) in [5, 5.41) is 10.2. The smallest absolute Gasteiger partial charge is 0.343 e. The van der Waals surface area contributed by atoms with Crippen LogP contribution in [0.3, 0.4) is 0 Å². The maximum atomic E-state index is 13.2. The van der Waals surface area contributed by atoms with Gasteiger partial charge in [-0.15, -0.1) is 0 Å². The van der Waals surface area contributed by atoms with E-state index in [0.29, 0.717) is 0 Å². The van der Waals surface area contributed by atoms with Gasteiger partial charge >= 0.3 is 11.7 Å². The van der Waals surface area contributed by atoms with Gasteiger partial charge in [-0.1, -0.05) is 11.6 Å². The van der Waals surface area contributed by atoms with Crippen LogP contribution in [0.1, 0.15) is 5.56 Å². The summed E-state index contributed by atoms with van der Waals surface area (Å²) in [5.41, 5.74) is -0.836. The number of esters is 1. The quantitative estimate of drug-likeness (QED) is 0.367. The molecule has 1 aromatic carbocycles. The lowest BCUT2D eigenvalue weighted by Crippen LogP contribution is -2.15. The molecule has 0 bridgehead atoms. The van der Waals surface area contributed by atoms with Gasteiger partial charge in [0.15, 0.2) is 11.7 Å². The number of hydrogen-bond donors (Lipinski definition) is 0. The van der Waals surface area contributed by atoms with Crippen molar-refractivity contribution in [3.63, 3.8) is 0 Å². The summed E-state index contributed by atoms with van der Waals surface area (Å²) in [6.07, 6.45) is 0. The first-order valence-electron chi connectivity index (χ1n) is 4.74. The number of halogens is 2. The molecular weight excluding hydrogens is 301 g/mol. The Kier molecular flexibility index (Phi) is 5.13. The molecule has 0 fully saturated rings. The zero-order valence-corrected chi connectivity index (χ0v) is 11.1. The van der Waals surface area contributed by atoms with Crippen molar-refractivity contribution >= 4 is 40.5 Å². The summed E-state index contributed by atoms with van der Waals surface area (Å²) < 4.78 is 22.4. The van der Waals surface area contributed by atoms with Gasteiger partial charge in [0.25, 0.3) is 0 Å². The van der Waals surface area contributed by atoms with Gasteiger partial charge in [-0.25, -0.2) is 4.79 Å². The number of ether oxygens (including phenoxy) is 2. The molecule has 1 aromatic rings. The van der Waals surface area contributed by atoms with Crippen LogP contribution in [-0.4, -0.2) is 29.7 Å². The number of thiocarbonyl (C=S) groups is 1. The largest absolute Gasteiger partial charge is 0.471 e. The van der Waals surface area contributed by atoms with E-state index in [0.717, 1.165) is 19.2 Å². The molecule has 0 N–H and O–H groups in total. The number of hydrogen-bond acceptors (Lipinski definition) is 6. The molecule has 19 heavy (non-hydrogen) atoms. The van der Waals surface area contributed by atoms with Crippen LogP contribution in [0.25, 0.3) is 0 Å². The number of nitrogens with zero attached hydrogens (tertiary/aromatic N) is 1. The molecule has 0 amide bonds. The highest BCUT2D eigenvalue weighted by molar-refractivity contribution is 7.80. The number of methoxy groups -OCH3 is 1. The predicted molar refractivity (Wildman–Crippen MR) is 67.7 cm³/mol. The summed E-state index contributed by atoms with van der Waals surface area (Å²) in [4.78, 5) is 20.5. The number of carbonyl (C=O) groups excluding carboxylic acids is 1. The number of benzene rings is 1. The van der Waals surface area contributed by atoms with Gasteiger partial charge in [0.05, 0.1) is 22.6 Å².